The summed E-state index contributed by atoms with van der Waals surface area (Å²) in [6.07, 6.45) is 4.34. The van der Waals surface area contributed by atoms with Crippen molar-refractivity contribution in [1.29, 1.82) is 0 Å². The first kappa shape index (κ1) is 25.8. The fraction of sp³-hybridized carbons (Fsp3) is 0.767. The van der Waals surface area contributed by atoms with Crippen LogP contribution in [-0.2, 0) is 19.1 Å². The van der Waals surface area contributed by atoms with Gasteiger partial charge in [-0.1, -0.05) is 39.3 Å². The number of hydrogen-bond donors (Lipinski definition) is 2. The van der Waals surface area contributed by atoms with Crippen molar-refractivity contribution in [2.45, 2.75) is 98.9 Å². The highest BCUT2D eigenvalue weighted by Crippen LogP contribution is 2.73. The number of rotatable bonds is 2. The summed E-state index contributed by atoms with van der Waals surface area (Å²) in [6, 6.07) is 0. The molecule has 9 unspecified atom stereocenters. The molecule has 0 amide bonds. The number of ketones is 3. The molecule has 0 spiro atoms. The molecule has 0 aromatic rings. The maximum atomic E-state index is 14.3. The number of hydrogen-bond acceptors (Lipinski definition) is 6. The van der Waals surface area contributed by atoms with Crippen LogP contribution in [0.2, 0.25) is 0 Å². The van der Waals surface area contributed by atoms with Gasteiger partial charge in [-0.3, -0.25) is 14.4 Å². The predicted molar refractivity (Wildman–Crippen MR) is 135 cm³/mol. The Hall–Kier alpha value is -1.79. The molecule has 3 fully saturated rings. The van der Waals surface area contributed by atoms with Crippen molar-refractivity contribution < 1.29 is 29.3 Å². The molecular formula is C30H42O6. The molecule has 198 valence electrons. The molecule has 36 heavy (non-hydrogen) atoms. The summed E-state index contributed by atoms with van der Waals surface area (Å²) >= 11 is 0. The number of carbonyl (C=O) groups excluding carboxylic acids is 3. The molecule has 2 saturated carbocycles. The largest absolute Gasteiger partial charge is 0.505 e. The summed E-state index contributed by atoms with van der Waals surface area (Å²) in [5.41, 5.74) is -2.14. The monoisotopic (exact) mass is 498 g/mol. The van der Waals surface area contributed by atoms with E-state index >= 15 is 0 Å². The third-order valence-corrected chi connectivity index (χ3v) is 11.5. The van der Waals surface area contributed by atoms with E-state index in [-0.39, 0.29) is 52.2 Å². The lowest BCUT2D eigenvalue weighted by Crippen LogP contribution is -2.62. The molecule has 1 heterocycles. The van der Waals surface area contributed by atoms with Crippen LogP contribution in [0.5, 0.6) is 0 Å². The van der Waals surface area contributed by atoms with Gasteiger partial charge in [0.15, 0.2) is 11.5 Å². The maximum Gasteiger partial charge on any atom is 0.206 e. The van der Waals surface area contributed by atoms with Crippen molar-refractivity contribution in [3.8, 4) is 0 Å². The van der Waals surface area contributed by atoms with E-state index in [1.165, 1.54) is 0 Å². The van der Waals surface area contributed by atoms with Crippen LogP contribution in [0.3, 0.4) is 0 Å². The van der Waals surface area contributed by atoms with Gasteiger partial charge in [0.25, 0.3) is 0 Å². The van der Waals surface area contributed by atoms with Crippen molar-refractivity contribution >= 4 is 17.3 Å². The van der Waals surface area contributed by atoms with Crippen molar-refractivity contribution in [3.63, 3.8) is 0 Å². The van der Waals surface area contributed by atoms with Gasteiger partial charge in [0.1, 0.15) is 11.9 Å². The highest BCUT2D eigenvalue weighted by molar-refractivity contribution is 6.02. The van der Waals surface area contributed by atoms with Gasteiger partial charge in [0.2, 0.25) is 5.78 Å². The number of fused-ring (bicyclic) bond motifs is 5. The smallest absolute Gasteiger partial charge is 0.206 e. The third-order valence-electron chi connectivity index (χ3n) is 11.5. The van der Waals surface area contributed by atoms with Gasteiger partial charge in [-0.25, -0.2) is 0 Å². The van der Waals surface area contributed by atoms with Gasteiger partial charge < -0.3 is 14.9 Å². The van der Waals surface area contributed by atoms with Crippen molar-refractivity contribution in [2.24, 2.45) is 45.3 Å². The molecule has 6 heteroatoms. The Bertz CT molecular complexity index is 1110. The van der Waals surface area contributed by atoms with E-state index in [9.17, 15) is 24.6 Å². The average molecular weight is 499 g/mol. The third kappa shape index (κ3) is 3.00. The zero-order chi connectivity index (χ0) is 26.8. The fourth-order valence-electron chi connectivity index (χ4n) is 9.51. The molecule has 5 aliphatic rings. The Kier molecular flexibility index (Phi) is 5.32. The lowest BCUT2D eigenvalue weighted by atomic mass is 9.39. The summed E-state index contributed by atoms with van der Waals surface area (Å²) in [5, 5.41) is 22.1. The molecule has 1 aliphatic heterocycles. The minimum absolute atomic E-state index is 0.0680. The number of ether oxygens (including phenoxy) is 1. The van der Waals surface area contributed by atoms with Gasteiger partial charge in [0.05, 0.1) is 17.1 Å². The van der Waals surface area contributed by atoms with E-state index in [1.54, 1.807) is 6.08 Å². The Balaban J connectivity index is 1.58. The number of aliphatic hydroxyl groups is 2. The molecule has 2 N–H and O–H groups in total. The lowest BCUT2D eigenvalue weighted by molar-refractivity contribution is -0.170. The quantitative estimate of drug-likeness (QED) is 0.533. The molecule has 1 saturated heterocycles. The molecule has 9 atom stereocenters. The predicted octanol–water partition coefficient (Wildman–Crippen LogP) is 4.74. The number of Topliss-reactive ketones (excluding diaryl/α,β-unsaturated/α-hetero) is 3. The van der Waals surface area contributed by atoms with Gasteiger partial charge in [-0.05, 0) is 75.2 Å². The maximum absolute atomic E-state index is 14.3. The Morgan fingerprint density at radius 2 is 1.64 bits per heavy atom. The molecule has 0 aromatic heterocycles. The molecular weight excluding hydrogens is 456 g/mol. The molecule has 0 bridgehead atoms. The van der Waals surface area contributed by atoms with Gasteiger partial charge in [-0.2, -0.15) is 0 Å². The summed E-state index contributed by atoms with van der Waals surface area (Å²) < 4.78 is 6.19. The Morgan fingerprint density at radius 1 is 1.00 bits per heavy atom. The van der Waals surface area contributed by atoms with E-state index in [2.05, 4.69) is 19.9 Å². The zero-order valence-corrected chi connectivity index (χ0v) is 23.0. The molecule has 0 aromatic carbocycles. The molecule has 5 rings (SSSR count). The van der Waals surface area contributed by atoms with Crippen LogP contribution in [0.15, 0.2) is 23.5 Å². The number of aliphatic hydroxyl groups excluding tert-OH is 2. The minimum atomic E-state index is -0.862. The summed E-state index contributed by atoms with van der Waals surface area (Å²) in [6.45, 7) is 15.9. The minimum Gasteiger partial charge on any atom is -0.505 e. The molecule has 0 radical (unpaired) electrons. The standard InChI is InChI=1S/C30H42O6/c1-15(24-20(33)12-26(2,3)36-24)23-19(32)13-28(6)21-10-9-16-17(11-18(31)25(35)27(16,4)5)30(21,8)22(34)14-29(23,28)7/h9,11,15,17,19,21,23-24,31-32H,10,12-14H2,1-8H3. The second-order valence-corrected chi connectivity index (χ2v) is 14.2. The van der Waals surface area contributed by atoms with Crippen LogP contribution in [-0.4, -0.2) is 45.4 Å². The normalized spacial score (nSPS) is 48.0. The number of allylic oxidation sites excluding steroid dienone is 4. The van der Waals surface area contributed by atoms with Crippen LogP contribution in [0.1, 0.15) is 81.1 Å². The van der Waals surface area contributed by atoms with E-state index in [4.69, 9.17) is 4.74 Å². The van der Waals surface area contributed by atoms with Crippen molar-refractivity contribution in [3.05, 3.63) is 23.5 Å². The second kappa shape index (κ2) is 7.41. The highest BCUT2D eigenvalue weighted by Gasteiger charge is 2.73. The summed E-state index contributed by atoms with van der Waals surface area (Å²) in [5.74, 6) is -1.27. The molecule has 6 nitrogen and oxygen atoms in total. The first-order chi connectivity index (χ1) is 16.4. The van der Waals surface area contributed by atoms with Crippen molar-refractivity contribution in [1.82, 2.24) is 0 Å². The van der Waals surface area contributed by atoms with Crippen LogP contribution in [0, 0.1) is 45.3 Å². The van der Waals surface area contributed by atoms with Gasteiger partial charge in [0, 0.05) is 24.2 Å². The van der Waals surface area contributed by atoms with Gasteiger partial charge in [-0.15, -0.1) is 0 Å². The van der Waals surface area contributed by atoms with E-state index in [0.29, 0.717) is 25.7 Å². The van der Waals surface area contributed by atoms with Gasteiger partial charge >= 0.3 is 0 Å². The summed E-state index contributed by atoms with van der Waals surface area (Å²) in [7, 11) is 0. The first-order valence-electron chi connectivity index (χ1n) is 13.5. The lowest BCUT2D eigenvalue weighted by Gasteiger charge is -2.63. The average Bonchev–Trinajstić information content (AvgIpc) is 3.14. The topological polar surface area (TPSA) is 101 Å². The highest BCUT2D eigenvalue weighted by atomic mass is 16.5. The van der Waals surface area contributed by atoms with Crippen LogP contribution >= 0.6 is 0 Å². The SMILES string of the molecule is CC(C1OC(C)(C)CC1=O)C1C(O)CC2(C)C3CC=C4C(C=C(O)C(=O)C4(C)C)C3(C)C(=O)CC12C. The van der Waals surface area contributed by atoms with Crippen LogP contribution in [0.4, 0.5) is 0 Å². The zero-order valence-electron chi connectivity index (χ0n) is 23.0. The Labute approximate surface area is 214 Å². The Morgan fingerprint density at radius 3 is 2.22 bits per heavy atom. The van der Waals surface area contributed by atoms with E-state index < -0.39 is 34.1 Å². The van der Waals surface area contributed by atoms with E-state index in [0.717, 1.165) is 5.57 Å². The molecule has 4 aliphatic carbocycles. The second-order valence-electron chi connectivity index (χ2n) is 14.2. The summed E-state index contributed by atoms with van der Waals surface area (Å²) in [4.78, 5) is 40.0. The van der Waals surface area contributed by atoms with Crippen LogP contribution < -0.4 is 0 Å². The first-order valence-corrected chi connectivity index (χ1v) is 13.5. The van der Waals surface area contributed by atoms with Crippen molar-refractivity contribution in [2.75, 3.05) is 0 Å². The van der Waals surface area contributed by atoms with Crippen LogP contribution in [0.25, 0.3) is 0 Å². The van der Waals surface area contributed by atoms with E-state index in [1.807, 2.05) is 41.5 Å². The number of carbonyl (C=O) groups is 3. The fourth-order valence-corrected chi connectivity index (χ4v) is 9.51.